The summed E-state index contributed by atoms with van der Waals surface area (Å²) in [6, 6.07) is 10.7. The van der Waals surface area contributed by atoms with Crippen LogP contribution in [0, 0.1) is 18.6 Å². The summed E-state index contributed by atoms with van der Waals surface area (Å²) >= 11 is 1.08. The van der Waals surface area contributed by atoms with E-state index in [4.69, 9.17) is 0 Å². The summed E-state index contributed by atoms with van der Waals surface area (Å²) in [5.74, 6) is -1.56. The number of hydrogen-bond acceptors (Lipinski definition) is 3. The van der Waals surface area contributed by atoms with Crippen molar-refractivity contribution in [1.82, 2.24) is 4.57 Å². The van der Waals surface area contributed by atoms with Gasteiger partial charge in [-0.2, -0.15) is 4.99 Å². The number of halogens is 2. The topological polar surface area (TPSA) is 51.4 Å². The smallest absolute Gasteiger partial charge is 0.279 e. The second kappa shape index (κ2) is 7.13. The summed E-state index contributed by atoms with van der Waals surface area (Å²) in [6.07, 6.45) is 0. The van der Waals surface area contributed by atoms with E-state index in [1.54, 1.807) is 23.6 Å². The molecule has 0 N–H and O–H groups in total. The van der Waals surface area contributed by atoms with Gasteiger partial charge in [0.2, 0.25) is 0 Å². The van der Waals surface area contributed by atoms with Gasteiger partial charge in [0.05, 0.1) is 4.88 Å². The first-order valence-electron chi connectivity index (χ1n) is 7.71. The van der Waals surface area contributed by atoms with E-state index in [0.717, 1.165) is 11.3 Å². The minimum absolute atomic E-state index is 0.154. The van der Waals surface area contributed by atoms with Crippen molar-refractivity contribution in [1.29, 1.82) is 0 Å². The van der Waals surface area contributed by atoms with E-state index in [1.165, 1.54) is 43.3 Å². The number of amides is 1. The largest absolute Gasteiger partial charge is 0.294 e. The number of rotatable bonds is 3. The number of carbonyl (C=O) groups excluding carboxylic acids is 2. The third kappa shape index (κ3) is 3.52. The van der Waals surface area contributed by atoms with E-state index in [0.29, 0.717) is 16.3 Å². The number of benzene rings is 2. The molecule has 26 heavy (non-hydrogen) atoms. The zero-order valence-electron chi connectivity index (χ0n) is 14.0. The van der Waals surface area contributed by atoms with Crippen LogP contribution in [0.1, 0.15) is 32.6 Å². The van der Waals surface area contributed by atoms with E-state index in [9.17, 15) is 18.4 Å². The maximum Gasteiger partial charge on any atom is 0.279 e. The molecule has 0 saturated heterocycles. The molecule has 0 spiro atoms. The summed E-state index contributed by atoms with van der Waals surface area (Å²) < 4.78 is 27.9. The van der Waals surface area contributed by atoms with Crippen LogP contribution in [0.3, 0.4) is 0 Å². The Morgan fingerprint density at radius 1 is 0.962 bits per heavy atom. The van der Waals surface area contributed by atoms with Crippen molar-refractivity contribution in [2.45, 2.75) is 13.8 Å². The zero-order valence-corrected chi connectivity index (χ0v) is 14.8. The maximum absolute atomic E-state index is 13.2. The standard InChI is InChI=1S/C19H14F2N2O2S/c1-11-17(12(2)24)26-19(23(11)16-9-7-15(21)8-10-16)22-18(25)13-3-5-14(20)6-4-13/h3-10H,1-2H3. The molecule has 0 saturated carbocycles. The number of carbonyl (C=O) groups is 2. The zero-order chi connectivity index (χ0) is 18.8. The molecule has 0 radical (unpaired) electrons. The van der Waals surface area contributed by atoms with Crippen LogP contribution in [0.2, 0.25) is 0 Å². The van der Waals surface area contributed by atoms with Gasteiger partial charge in [-0.05, 0) is 55.5 Å². The lowest BCUT2D eigenvalue weighted by atomic mass is 10.2. The average molecular weight is 372 g/mol. The Bertz CT molecular complexity index is 1050. The summed E-state index contributed by atoms with van der Waals surface area (Å²) in [6.45, 7) is 3.16. The minimum Gasteiger partial charge on any atom is -0.294 e. The van der Waals surface area contributed by atoms with Gasteiger partial charge in [0, 0.05) is 23.9 Å². The van der Waals surface area contributed by atoms with Gasteiger partial charge in [-0.1, -0.05) is 11.3 Å². The molecule has 1 amide bonds. The molecule has 0 unspecified atom stereocenters. The highest BCUT2D eigenvalue weighted by Gasteiger charge is 2.16. The SMILES string of the molecule is CC(=O)c1sc(=NC(=O)c2ccc(F)cc2)n(-c2ccc(F)cc2)c1C. The fourth-order valence-electron chi connectivity index (χ4n) is 2.49. The van der Waals surface area contributed by atoms with E-state index < -0.39 is 17.5 Å². The van der Waals surface area contributed by atoms with Crippen molar-refractivity contribution >= 4 is 23.0 Å². The van der Waals surface area contributed by atoms with Crippen LogP contribution >= 0.6 is 11.3 Å². The molecule has 0 aliphatic carbocycles. The highest BCUT2D eigenvalue weighted by atomic mass is 32.1. The fraction of sp³-hybridized carbons (Fsp3) is 0.105. The normalized spacial score (nSPS) is 11.6. The number of Topliss-reactive ketones (excluding diaryl/α,β-unsaturated/α-hetero) is 1. The first kappa shape index (κ1) is 17.9. The summed E-state index contributed by atoms with van der Waals surface area (Å²) in [5.41, 5.74) is 1.42. The molecule has 0 aliphatic heterocycles. The molecule has 3 rings (SSSR count). The van der Waals surface area contributed by atoms with E-state index in [2.05, 4.69) is 4.99 Å². The summed E-state index contributed by atoms with van der Waals surface area (Å²) in [5, 5.41) is 0. The quantitative estimate of drug-likeness (QED) is 0.651. The molecule has 0 fully saturated rings. The predicted molar refractivity (Wildman–Crippen MR) is 94.6 cm³/mol. The lowest BCUT2D eigenvalue weighted by molar-refractivity contribution is 0.0995. The third-order valence-electron chi connectivity index (χ3n) is 3.74. The molecular weight excluding hydrogens is 358 g/mol. The minimum atomic E-state index is -0.558. The van der Waals surface area contributed by atoms with Crippen molar-refractivity contribution in [3.63, 3.8) is 0 Å². The third-order valence-corrected chi connectivity index (χ3v) is 4.99. The van der Waals surface area contributed by atoms with Crippen LogP contribution in [0.4, 0.5) is 8.78 Å². The Morgan fingerprint density at radius 3 is 2.04 bits per heavy atom. The molecule has 1 aromatic heterocycles. The first-order valence-corrected chi connectivity index (χ1v) is 8.52. The van der Waals surface area contributed by atoms with Crippen LogP contribution in [0.25, 0.3) is 5.69 Å². The molecule has 3 aromatic rings. The van der Waals surface area contributed by atoms with Gasteiger partial charge < -0.3 is 0 Å². The van der Waals surface area contributed by atoms with Crippen LogP contribution in [0.15, 0.2) is 53.5 Å². The Kier molecular flexibility index (Phi) is 4.90. The first-order chi connectivity index (χ1) is 12.4. The van der Waals surface area contributed by atoms with Crippen molar-refractivity contribution in [3.05, 3.63) is 81.1 Å². The van der Waals surface area contributed by atoms with Crippen LogP contribution in [-0.2, 0) is 0 Å². The monoisotopic (exact) mass is 372 g/mol. The number of hydrogen-bond donors (Lipinski definition) is 0. The molecule has 7 heteroatoms. The molecule has 132 valence electrons. The number of aromatic nitrogens is 1. The van der Waals surface area contributed by atoms with Gasteiger partial charge in [-0.3, -0.25) is 14.2 Å². The van der Waals surface area contributed by atoms with Crippen LogP contribution in [0.5, 0.6) is 0 Å². The van der Waals surface area contributed by atoms with Gasteiger partial charge in [0.15, 0.2) is 10.6 Å². The Morgan fingerprint density at radius 2 is 1.50 bits per heavy atom. The Balaban J connectivity index is 2.18. The molecular formula is C19H14F2N2O2S. The van der Waals surface area contributed by atoms with E-state index in [1.807, 2.05) is 0 Å². The van der Waals surface area contributed by atoms with Crippen molar-refractivity contribution in [2.75, 3.05) is 0 Å². The van der Waals surface area contributed by atoms with Gasteiger partial charge >= 0.3 is 0 Å². The average Bonchev–Trinajstić information content (AvgIpc) is 2.93. The van der Waals surface area contributed by atoms with Gasteiger partial charge in [0.25, 0.3) is 5.91 Å². The number of ketones is 1. The Hall–Kier alpha value is -2.93. The van der Waals surface area contributed by atoms with Crippen LogP contribution < -0.4 is 4.80 Å². The number of thiazole rings is 1. The van der Waals surface area contributed by atoms with E-state index in [-0.39, 0.29) is 16.1 Å². The summed E-state index contributed by atoms with van der Waals surface area (Å²) in [4.78, 5) is 29.1. The second-order valence-corrected chi connectivity index (χ2v) is 6.57. The van der Waals surface area contributed by atoms with Gasteiger partial charge in [-0.15, -0.1) is 0 Å². The van der Waals surface area contributed by atoms with Crippen molar-refractivity contribution < 1.29 is 18.4 Å². The van der Waals surface area contributed by atoms with Gasteiger partial charge in [-0.25, -0.2) is 8.78 Å². The van der Waals surface area contributed by atoms with E-state index >= 15 is 0 Å². The highest BCUT2D eigenvalue weighted by molar-refractivity contribution is 7.11. The molecule has 0 aliphatic rings. The molecule has 0 bridgehead atoms. The van der Waals surface area contributed by atoms with Gasteiger partial charge in [0.1, 0.15) is 11.6 Å². The lowest BCUT2D eigenvalue weighted by Gasteiger charge is -2.06. The molecule has 4 nitrogen and oxygen atoms in total. The lowest BCUT2D eigenvalue weighted by Crippen LogP contribution is -2.16. The predicted octanol–water partition coefficient (Wildman–Crippen LogP) is 4.07. The fourth-order valence-corrected chi connectivity index (χ4v) is 3.52. The summed E-state index contributed by atoms with van der Waals surface area (Å²) in [7, 11) is 0. The Labute approximate surface area is 152 Å². The maximum atomic E-state index is 13.2. The molecule has 1 heterocycles. The molecule has 0 atom stereocenters. The van der Waals surface area contributed by atoms with Crippen LogP contribution in [-0.4, -0.2) is 16.3 Å². The molecule has 2 aromatic carbocycles. The second-order valence-electron chi connectivity index (χ2n) is 5.59. The highest BCUT2D eigenvalue weighted by Crippen LogP contribution is 2.18. The van der Waals surface area contributed by atoms with Crippen molar-refractivity contribution in [2.24, 2.45) is 4.99 Å². The van der Waals surface area contributed by atoms with Crippen molar-refractivity contribution in [3.8, 4) is 5.69 Å². The number of nitrogens with zero attached hydrogens (tertiary/aromatic N) is 2.